The first-order chi connectivity index (χ1) is 12.4. The molecule has 6 heteroatoms. The topological polar surface area (TPSA) is 75.4 Å². The Hall–Kier alpha value is -2.47. The number of carbonyl (C=O) groups excluding carboxylic acids is 2. The maximum atomic E-state index is 12.6. The molecule has 1 aliphatic heterocycles. The van der Waals surface area contributed by atoms with Crippen LogP contribution in [0.4, 0.5) is 5.88 Å². The first-order valence-corrected chi connectivity index (χ1v) is 9.03. The fourth-order valence-corrected chi connectivity index (χ4v) is 3.32. The monoisotopic (exact) mass is 355 g/mol. The molecule has 0 aliphatic carbocycles. The van der Waals surface area contributed by atoms with E-state index < -0.39 is 0 Å². The van der Waals surface area contributed by atoms with Crippen molar-refractivity contribution in [3.63, 3.8) is 0 Å². The van der Waals surface area contributed by atoms with E-state index >= 15 is 0 Å². The number of hydrogen-bond donors (Lipinski definition) is 1. The fourth-order valence-electron chi connectivity index (χ4n) is 3.32. The smallest absolute Gasteiger partial charge is 0.243 e. The number of Topliss-reactive ketones (excluding diaryl/α,β-unsaturated/α-hetero) is 1. The van der Waals surface area contributed by atoms with Crippen LogP contribution in [0.2, 0.25) is 0 Å². The minimum absolute atomic E-state index is 0.0288. The predicted octanol–water partition coefficient (Wildman–Crippen LogP) is 3.21. The summed E-state index contributed by atoms with van der Waals surface area (Å²) in [6.45, 7) is 7.15. The molecule has 2 aromatic rings. The summed E-state index contributed by atoms with van der Waals surface area (Å²) < 4.78 is 5.03. The summed E-state index contributed by atoms with van der Waals surface area (Å²) in [6, 6.07) is 9.16. The summed E-state index contributed by atoms with van der Waals surface area (Å²) in [5, 5.41) is 6.51. The molecule has 1 saturated heterocycles. The van der Waals surface area contributed by atoms with Gasteiger partial charge in [-0.15, -0.1) is 0 Å². The number of anilines is 1. The average molecular weight is 355 g/mol. The van der Waals surface area contributed by atoms with Crippen LogP contribution in [0, 0.1) is 19.8 Å². The van der Waals surface area contributed by atoms with Crippen LogP contribution in [-0.4, -0.2) is 40.9 Å². The normalized spacial score (nSPS) is 17.0. The lowest BCUT2D eigenvalue weighted by Crippen LogP contribution is -2.46. The summed E-state index contributed by atoms with van der Waals surface area (Å²) in [7, 11) is 0. The second-order valence-corrected chi connectivity index (χ2v) is 7.04. The van der Waals surface area contributed by atoms with E-state index in [0.29, 0.717) is 5.88 Å². The number of nitrogens with one attached hydrogen (secondary N) is 1. The molecule has 1 aromatic carbocycles. The van der Waals surface area contributed by atoms with Gasteiger partial charge in [-0.1, -0.05) is 35.0 Å². The molecule has 1 atom stereocenters. The number of likely N-dealkylation sites (tertiary alicyclic amines) is 1. The lowest BCUT2D eigenvalue weighted by atomic mass is 9.88. The van der Waals surface area contributed by atoms with E-state index in [9.17, 15) is 9.59 Å². The van der Waals surface area contributed by atoms with Gasteiger partial charge in [-0.2, -0.15) is 0 Å². The van der Waals surface area contributed by atoms with E-state index in [2.05, 4.69) is 15.4 Å². The Kier molecular flexibility index (Phi) is 5.52. The van der Waals surface area contributed by atoms with Gasteiger partial charge in [0.25, 0.3) is 0 Å². The van der Waals surface area contributed by atoms with Gasteiger partial charge in [0.2, 0.25) is 11.8 Å². The second-order valence-electron chi connectivity index (χ2n) is 7.04. The number of carbonyl (C=O) groups is 2. The molecular formula is C20H25N3O3. The quantitative estimate of drug-likeness (QED) is 0.834. The molecule has 0 bridgehead atoms. The Bertz CT molecular complexity index is 774. The van der Waals surface area contributed by atoms with E-state index in [1.54, 1.807) is 13.0 Å². The van der Waals surface area contributed by atoms with Crippen molar-refractivity contribution in [1.82, 2.24) is 10.1 Å². The maximum Gasteiger partial charge on any atom is 0.243 e. The van der Waals surface area contributed by atoms with Gasteiger partial charge < -0.3 is 4.52 Å². The highest BCUT2D eigenvalue weighted by Crippen LogP contribution is 2.23. The zero-order chi connectivity index (χ0) is 18.7. The highest BCUT2D eigenvalue weighted by molar-refractivity contribution is 5.98. The summed E-state index contributed by atoms with van der Waals surface area (Å²) in [5.41, 5.74) is 2.65. The number of benzene rings is 1. The van der Waals surface area contributed by atoms with Gasteiger partial charge in [0.05, 0.1) is 11.7 Å². The minimum Gasteiger partial charge on any atom is -0.338 e. The molecule has 6 nitrogen and oxygen atoms in total. The molecule has 3 rings (SSSR count). The first-order valence-electron chi connectivity index (χ1n) is 9.03. The number of hydrogen-bond acceptors (Lipinski definition) is 5. The predicted molar refractivity (Wildman–Crippen MR) is 99.1 cm³/mol. The third kappa shape index (κ3) is 4.19. The second kappa shape index (κ2) is 7.83. The molecule has 1 fully saturated rings. The van der Waals surface area contributed by atoms with Crippen molar-refractivity contribution in [2.24, 2.45) is 5.92 Å². The van der Waals surface area contributed by atoms with Crippen LogP contribution in [-0.2, 0) is 4.79 Å². The zero-order valence-electron chi connectivity index (χ0n) is 15.5. The van der Waals surface area contributed by atoms with Crippen LogP contribution in [0.5, 0.6) is 0 Å². The Labute approximate surface area is 153 Å². The molecule has 1 unspecified atom stereocenters. The molecular weight excluding hydrogens is 330 g/mol. The molecule has 138 valence electrons. The van der Waals surface area contributed by atoms with Crippen molar-refractivity contribution in [2.75, 3.05) is 18.4 Å². The van der Waals surface area contributed by atoms with Crippen molar-refractivity contribution in [2.45, 2.75) is 39.7 Å². The molecule has 1 aromatic heterocycles. The van der Waals surface area contributed by atoms with E-state index in [0.717, 1.165) is 42.8 Å². The Balaban J connectivity index is 1.53. The minimum atomic E-state index is -0.282. The molecule has 0 saturated carbocycles. The summed E-state index contributed by atoms with van der Waals surface area (Å²) in [5.74, 6) is 0.480. The lowest BCUT2D eigenvalue weighted by Gasteiger charge is -2.34. The molecule has 26 heavy (non-hydrogen) atoms. The largest absolute Gasteiger partial charge is 0.338 e. The first kappa shape index (κ1) is 18.3. The number of aryl methyl sites for hydroxylation is 2. The molecule has 0 radical (unpaired) electrons. The third-order valence-electron chi connectivity index (χ3n) is 5.04. The zero-order valence-corrected chi connectivity index (χ0v) is 15.5. The van der Waals surface area contributed by atoms with Gasteiger partial charge in [-0.05, 0) is 46.7 Å². The summed E-state index contributed by atoms with van der Waals surface area (Å²) in [6.07, 6.45) is 1.54. The highest BCUT2D eigenvalue weighted by atomic mass is 16.5. The number of nitrogens with zero attached hydrogens (tertiary/aromatic N) is 2. The van der Waals surface area contributed by atoms with Crippen molar-refractivity contribution in [3.8, 4) is 0 Å². The maximum absolute atomic E-state index is 12.6. The van der Waals surface area contributed by atoms with Crippen molar-refractivity contribution >= 4 is 17.6 Å². The SMILES string of the molecule is Cc1ccc(C(=O)C2CCN(C(C)C(=O)Nc3cc(C)no3)CC2)cc1. The number of rotatable bonds is 5. The van der Waals surface area contributed by atoms with Crippen molar-refractivity contribution in [3.05, 3.63) is 47.2 Å². The standard InChI is InChI=1S/C20H25N3O3/c1-13-4-6-16(7-5-13)19(24)17-8-10-23(11-9-17)15(3)20(25)21-18-12-14(2)22-26-18/h4-7,12,15,17H,8-11H2,1-3H3,(H,21,25). The lowest BCUT2D eigenvalue weighted by molar-refractivity contribution is -0.121. The number of aromatic nitrogens is 1. The Morgan fingerprint density at radius 2 is 1.85 bits per heavy atom. The third-order valence-corrected chi connectivity index (χ3v) is 5.04. The number of piperidine rings is 1. The average Bonchev–Trinajstić information content (AvgIpc) is 3.06. The van der Waals surface area contributed by atoms with Gasteiger partial charge in [0.15, 0.2) is 5.78 Å². The number of ketones is 1. The van der Waals surface area contributed by atoms with Crippen molar-refractivity contribution < 1.29 is 14.1 Å². The van der Waals surface area contributed by atoms with Crippen LogP contribution in [0.1, 0.15) is 41.4 Å². The summed E-state index contributed by atoms with van der Waals surface area (Å²) in [4.78, 5) is 27.1. The molecule has 1 amide bonds. The van der Waals surface area contributed by atoms with Gasteiger partial charge >= 0.3 is 0 Å². The van der Waals surface area contributed by atoms with Crippen LogP contribution in [0.25, 0.3) is 0 Å². The van der Waals surface area contributed by atoms with Crippen LogP contribution >= 0.6 is 0 Å². The molecule has 1 aliphatic rings. The van der Waals surface area contributed by atoms with E-state index in [-0.39, 0.29) is 23.7 Å². The van der Waals surface area contributed by atoms with Crippen LogP contribution < -0.4 is 5.32 Å². The molecule has 0 spiro atoms. The van der Waals surface area contributed by atoms with Gasteiger partial charge in [-0.25, -0.2) is 0 Å². The Morgan fingerprint density at radius 3 is 2.42 bits per heavy atom. The van der Waals surface area contributed by atoms with E-state index in [4.69, 9.17) is 4.52 Å². The van der Waals surface area contributed by atoms with Crippen LogP contribution in [0.3, 0.4) is 0 Å². The number of amides is 1. The van der Waals surface area contributed by atoms with E-state index in [1.807, 2.05) is 38.1 Å². The molecule has 1 N–H and O–H groups in total. The van der Waals surface area contributed by atoms with E-state index in [1.165, 1.54) is 0 Å². The van der Waals surface area contributed by atoms with Crippen LogP contribution in [0.15, 0.2) is 34.9 Å². The van der Waals surface area contributed by atoms with Gasteiger partial charge in [-0.3, -0.25) is 19.8 Å². The fraction of sp³-hybridized carbons (Fsp3) is 0.450. The molecule has 2 heterocycles. The van der Waals surface area contributed by atoms with Gasteiger partial charge in [0.1, 0.15) is 0 Å². The van der Waals surface area contributed by atoms with Gasteiger partial charge in [0, 0.05) is 17.5 Å². The van der Waals surface area contributed by atoms with Crippen molar-refractivity contribution in [1.29, 1.82) is 0 Å². The highest BCUT2D eigenvalue weighted by Gasteiger charge is 2.30. The Morgan fingerprint density at radius 1 is 1.19 bits per heavy atom. The summed E-state index contributed by atoms with van der Waals surface area (Å²) >= 11 is 0.